The summed E-state index contributed by atoms with van der Waals surface area (Å²) in [5.41, 5.74) is 0.667. The zero-order valence-electron chi connectivity index (χ0n) is 19.6. The largest absolute Gasteiger partial charge is 0.461 e. The second-order valence-corrected chi connectivity index (χ2v) is 10.9. The molecule has 3 fully saturated rings. The van der Waals surface area contributed by atoms with Crippen molar-refractivity contribution in [3.05, 3.63) is 29.8 Å². The number of nitrogens with zero attached hydrogens (tertiary/aromatic N) is 2. The lowest BCUT2D eigenvalue weighted by atomic mass is 9.79. The molecule has 3 aliphatic rings. The van der Waals surface area contributed by atoms with Gasteiger partial charge in [0.15, 0.2) is 5.60 Å². The number of thioether (sulfide) groups is 1. The van der Waals surface area contributed by atoms with Crippen LogP contribution in [-0.2, 0) is 31.8 Å². The van der Waals surface area contributed by atoms with Crippen LogP contribution in [0.4, 0.5) is 0 Å². The molecular formula is C25H34N2O5S. The Morgan fingerprint density at radius 3 is 2.79 bits per heavy atom. The Hall–Kier alpha value is -1.61. The number of methoxy groups -OCH3 is 2. The first kappa shape index (κ1) is 23.1. The number of aryl methyl sites for hydroxylation is 1. The molecule has 0 aromatic carbocycles. The molecule has 1 saturated heterocycles. The number of carbonyl (C=O) groups is 1. The fraction of sp³-hybridized carbons (Fsp3) is 0.680. The predicted octanol–water partition coefficient (Wildman–Crippen LogP) is 4.17. The fourth-order valence-corrected chi connectivity index (χ4v) is 6.46. The molecule has 3 heterocycles. The van der Waals surface area contributed by atoms with Gasteiger partial charge in [-0.1, -0.05) is 19.3 Å². The van der Waals surface area contributed by atoms with Crippen LogP contribution in [-0.4, -0.2) is 66.2 Å². The highest BCUT2D eigenvalue weighted by atomic mass is 32.2. The van der Waals surface area contributed by atoms with Crippen LogP contribution >= 0.6 is 11.8 Å². The fourth-order valence-electron chi connectivity index (χ4n) is 4.89. The van der Waals surface area contributed by atoms with E-state index in [2.05, 4.69) is 11.1 Å². The Labute approximate surface area is 199 Å². The summed E-state index contributed by atoms with van der Waals surface area (Å²) in [6.45, 7) is 0.326. The number of likely N-dealkylation sites (tertiary alicyclic amines) is 1. The summed E-state index contributed by atoms with van der Waals surface area (Å²) in [7, 11) is 3.21. The quantitative estimate of drug-likeness (QED) is 0.319. The second kappa shape index (κ2) is 9.94. The van der Waals surface area contributed by atoms with E-state index in [1.165, 1.54) is 38.5 Å². The Bertz CT molecular complexity index is 973. The van der Waals surface area contributed by atoms with Crippen molar-refractivity contribution in [3.8, 4) is 0 Å². The maximum Gasteiger partial charge on any atom is 0.259 e. The molecule has 2 aliphatic carbocycles. The molecule has 180 valence electrons. The molecular weight excluding hydrogens is 440 g/mol. The number of fused-ring (bicyclic) bond motifs is 1. The van der Waals surface area contributed by atoms with Crippen molar-refractivity contribution in [1.82, 2.24) is 9.88 Å². The molecule has 33 heavy (non-hydrogen) atoms. The molecule has 2 aromatic heterocycles. The van der Waals surface area contributed by atoms with E-state index in [9.17, 15) is 4.79 Å². The lowest BCUT2D eigenvalue weighted by Gasteiger charge is -2.55. The maximum absolute atomic E-state index is 13.5. The van der Waals surface area contributed by atoms with Crippen LogP contribution in [0.1, 0.15) is 50.0 Å². The van der Waals surface area contributed by atoms with Crippen molar-refractivity contribution in [2.75, 3.05) is 33.5 Å². The Kier molecular flexibility index (Phi) is 6.97. The topological polar surface area (TPSA) is 74.0 Å². The van der Waals surface area contributed by atoms with Gasteiger partial charge in [0, 0.05) is 49.6 Å². The standard InChI is InChI=1S/C25H34N2O5S/c1-29-15-27-23(14-33-19-4-3-5-19)25(24(27)28,31-16-30-2)13-21-20-12-18(9-8-17-6-7-17)32-22(20)10-11-26-21/h10-12,17,19,23H,3-9,13-16H2,1-2H3/t23-,25+/m0/s1. The lowest BCUT2D eigenvalue weighted by Crippen LogP contribution is -2.77. The minimum Gasteiger partial charge on any atom is -0.461 e. The number of hydrogen-bond donors (Lipinski definition) is 0. The summed E-state index contributed by atoms with van der Waals surface area (Å²) < 4.78 is 22.9. The van der Waals surface area contributed by atoms with E-state index in [0.717, 1.165) is 40.5 Å². The van der Waals surface area contributed by atoms with E-state index in [1.807, 2.05) is 17.8 Å². The number of ether oxygens (including phenoxy) is 3. The summed E-state index contributed by atoms with van der Waals surface area (Å²) in [6.07, 6.45) is 10.8. The summed E-state index contributed by atoms with van der Waals surface area (Å²) >= 11 is 1.94. The minimum atomic E-state index is -1.00. The molecule has 0 bridgehead atoms. The number of pyridine rings is 1. The summed E-state index contributed by atoms with van der Waals surface area (Å²) in [5, 5.41) is 1.65. The van der Waals surface area contributed by atoms with Gasteiger partial charge in [-0.2, -0.15) is 11.8 Å². The molecule has 0 spiro atoms. The first-order chi connectivity index (χ1) is 16.1. The first-order valence-corrected chi connectivity index (χ1v) is 13.1. The van der Waals surface area contributed by atoms with E-state index in [0.29, 0.717) is 11.7 Å². The SMILES string of the molecule is COCO[C@@]1(Cc2nccc3oc(CCC4CC4)cc23)C(=O)N(COC)[C@H]1CSC1CCC1. The van der Waals surface area contributed by atoms with Crippen LogP contribution in [0.25, 0.3) is 11.0 Å². The van der Waals surface area contributed by atoms with Gasteiger partial charge in [0.05, 0.1) is 11.7 Å². The molecule has 2 atom stereocenters. The van der Waals surface area contributed by atoms with Gasteiger partial charge < -0.3 is 23.5 Å². The van der Waals surface area contributed by atoms with E-state index in [-0.39, 0.29) is 25.5 Å². The van der Waals surface area contributed by atoms with Gasteiger partial charge in [0.1, 0.15) is 24.9 Å². The number of rotatable bonds is 13. The average molecular weight is 475 g/mol. The number of hydrogen-bond acceptors (Lipinski definition) is 7. The van der Waals surface area contributed by atoms with Gasteiger partial charge in [0.25, 0.3) is 5.91 Å². The third-order valence-corrected chi connectivity index (χ3v) is 8.74. The average Bonchev–Trinajstić information content (AvgIpc) is 3.53. The number of carbonyl (C=O) groups excluding carboxylic acids is 1. The molecule has 0 radical (unpaired) electrons. The summed E-state index contributed by atoms with van der Waals surface area (Å²) in [6, 6.07) is 3.92. The van der Waals surface area contributed by atoms with Crippen molar-refractivity contribution in [3.63, 3.8) is 0 Å². The van der Waals surface area contributed by atoms with Crippen molar-refractivity contribution in [2.24, 2.45) is 5.92 Å². The third kappa shape index (κ3) is 4.67. The van der Waals surface area contributed by atoms with Crippen molar-refractivity contribution < 1.29 is 23.4 Å². The molecule has 0 N–H and O–H groups in total. The molecule has 1 amide bonds. The lowest BCUT2D eigenvalue weighted by molar-refractivity contribution is -0.229. The van der Waals surface area contributed by atoms with Gasteiger partial charge in [-0.15, -0.1) is 0 Å². The first-order valence-electron chi connectivity index (χ1n) is 12.1. The third-order valence-electron chi connectivity index (χ3n) is 7.29. The molecule has 7 nitrogen and oxygen atoms in total. The van der Waals surface area contributed by atoms with Gasteiger partial charge in [-0.25, -0.2) is 0 Å². The smallest absolute Gasteiger partial charge is 0.259 e. The highest BCUT2D eigenvalue weighted by Gasteiger charge is 2.62. The molecule has 1 aliphatic heterocycles. The molecule has 8 heteroatoms. The molecule has 2 saturated carbocycles. The predicted molar refractivity (Wildman–Crippen MR) is 127 cm³/mol. The minimum absolute atomic E-state index is 0.0585. The van der Waals surface area contributed by atoms with Crippen LogP contribution in [0.2, 0.25) is 0 Å². The van der Waals surface area contributed by atoms with Crippen molar-refractivity contribution >= 4 is 28.6 Å². The Balaban J connectivity index is 1.41. The normalized spacial score (nSPS) is 25.5. The number of furan rings is 1. The number of aromatic nitrogens is 1. The van der Waals surface area contributed by atoms with E-state index >= 15 is 0 Å². The van der Waals surface area contributed by atoms with Gasteiger partial charge >= 0.3 is 0 Å². The zero-order valence-corrected chi connectivity index (χ0v) is 20.4. The summed E-state index contributed by atoms with van der Waals surface area (Å²) in [4.78, 5) is 19.9. The molecule has 5 rings (SSSR count). The van der Waals surface area contributed by atoms with Crippen LogP contribution in [0.15, 0.2) is 22.7 Å². The monoisotopic (exact) mass is 474 g/mol. The molecule has 2 aromatic rings. The number of amides is 1. The Morgan fingerprint density at radius 1 is 1.24 bits per heavy atom. The zero-order chi connectivity index (χ0) is 22.8. The molecule has 0 unspecified atom stereocenters. The van der Waals surface area contributed by atoms with Crippen LogP contribution in [0, 0.1) is 5.92 Å². The van der Waals surface area contributed by atoms with E-state index in [1.54, 1.807) is 25.3 Å². The van der Waals surface area contributed by atoms with Gasteiger partial charge in [-0.3, -0.25) is 9.78 Å². The highest BCUT2D eigenvalue weighted by molar-refractivity contribution is 8.00. The Morgan fingerprint density at radius 2 is 2.09 bits per heavy atom. The van der Waals surface area contributed by atoms with Crippen LogP contribution in [0.3, 0.4) is 0 Å². The number of β-lactam (4-membered cyclic amide) rings is 1. The summed E-state index contributed by atoms with van der Waals surface area (Å²) in [5.74, 6) is 2.61. The second-order valence-electron chi connectivity index (χ2n) is 9.58. The van der Waals surface area contributed by atoms with Gasteiger partial charge in [-0.05, 0) is 37.3 Å². The van der Waals surface area contributed by atoms with E-state index in [4.69, 9.17) is 18.6 Å². The van der Waals surface area contributed by atoms with E-state index < -0.39 is 5.60 Å². The van der Waals surface area contributed by atoms with Gasteiger partial charge in [0.2, 0.25) is 0 Å². The maximum atomic E-state index is 13.5. The van der Waals surface area contributed by atoms with Crippen molar-refractivity contribution in [2.45, 2.75) is 68.3 Å². The van der Waals surface area contributed by atoms with Crippen molar-refractivity contribution in [1.29, 1.82) is 0 Å². The highest BCUT2D eigenvalue weighted by Crippen LogP contribution is 2.43. The van der Waals surface area contributed by atoms with Crippen LogP contribution in [0.5, 0.6) is 0 Å². The van der Waals surface area contributed by atoms with Crippen LogP contribution < -0.4 is 0 Å².